The molecule has 0 saturated carbocycles. The van der Waals surface area contributed by atoms with Crippen LogP contribution >= 0.6 is 15.9 Å². The lowest BCUT2D eigenvalue weighted by atomic mass is 10.2. The summed E-state index contributed by atoms with van der Waals surface area (Å²) in [5.74, 6) is -0.930. The second-order valence-electron chi connectivity index (χ2n) is 4.21. The zero-order valence-electron chi connectivity index (χ0n) is 11.4. The molecule has 0 radical (unpaired) electrons. The first-order chi connectivity index (χ1) is 9.43. The lowest BCUT2D eigenvalue weighted by Gasteiger charge is -2.06. The topological polar surface area (TPSA) is 79.8 Å². The summed E-state index contributed by atoms with van der Waals surface area (Å²) in [5, 5.41) is 6.20. The molecule has 0 spiro atoms. The molecule has 2 N–H and O–H groups in total. The first-order valence-electron chi connectivity index (χ1n) is 5.91. The lowest BCUT2D eigenvalue weighted by molar-refractivity contribution is -0.139. The summed E-state index contributed by atoms with van der Waals surface area (Å²) in [7, 11) is 1.54. The van der Waals surface area contributed by atoms with Crippen LogP contribution in [0.4, 0.5) is 0 Å². The zero-order valence-corrected chi connectivity index (χ0v) is 13.0. The van der Waals surface area contributed by atoms with Crippen molar-refractivity contribution in [1.29, 1.82) is 0 Å². The van der Waals surface area contributed by atoms with Gasteiger partial charge >= 0.3 is 11.8 Å². The van der Waals surface area contributed by atoms with Crippen LogP contribution in [-0.2, 0) is 9.59 Å². The summed E-state index contributed by atoms with van der Waals surface area (Å²) in [6.45, 7) is 3.53. The van der Waals surface area contributed by atoms with E-state index in [1.165, 1.54) is 13.3 Å². The van der Waals surface area contributed by atoms with E-state index in [2.05, 4.69) is 31.8 Å². The molecule has 0 aliphatic heterocycles. The first-order valence-corrected chi connectivity index (χ1v) is 6.70. The molecule has 0 saturated heterocycles. The maximum absolute atomic E-state index is 11.4. The molecule has 0 aliphatic rings. The number of carbonyl (C=O) groups excluding carboxylic acids is 2. The summed E-state index contributed by atoms with van der Waals surface area (Å²) in [5.41, 5.74) is 2.83. The van der Waals surface area contributed by atoms with E-state index in [1.54, 1.807) is 26.0 Å². The van der Waals surface area contributed by atoms with E-state index in [1.807, 2.05) is 6.07 Å². The molecule has 7 heteroatoms. The largest absolute Gasteiger partial charge is 0.496 e. The smallest absolute Gasteiger partial charge is 0.329 e. The molecule has 0 fully saturated rings. The highest BCUT2D eigenvalue weighted by atomic mass is 79.9. The van der Waals surface area contributed by atoms with Gasteiger partial charge in [-0.1, -0.05) is 15.9 Å². The molecule has 0 aliphatic carbocycles. The van der Waals surface area contributed by atoms with Gasteiger partial charge in [0, 0.05) is 16.1 Å². The summed E-state index contributed by atoms with van der Waals surface area (Å²) in [6.07, 6.45) is 1.41. The van der Waals surface area contributed by atoms with Gasteiger partial charge in [-0.25, -0.2) is 5.43 Å². The van der Waals surface area contributed by atoms with E-state index in [9.17, 15) is 9.59 Å². The molecular weight excluding hydrogens is 326 g/mol. The number of nitrogens with one attached hydrogen (secondary N) is 2. The predicted molar refractivity (Wildman–Crippen MR) is 79.7 cm³/mol. The third kappa shape index (κ3) is 5.00. The van der Waals surface area contributed by atoms with Crippen LogP contribution in [0.25, 0.3) is 0 Å². The minimum atomic E-state index is -0.816. The van der Waals surface area contributed by atoms with Crippen LogP contribution in [0.1, 0.15) is 19.4 Å². The molecular formula is C13H16BrN3O3. The average molecular weight is 342 g/mol. The molecule has 0 unspecified atom stereocenters. The highest BCUT2D eigenvalue weighted by Crippen LogP contribution is 2.21. The van der Waals surface area contributed by atoms with Crippen LogP contribution < -0.4 is 15.5 Å². The van der Waals surface area contributed by atoms with Gasteiger partial charge in [0.25, 0.3) is 0 Å². The Morgan fingerprint density at radius 2 is 2.05 bits per heavy atom. The van der Waals surface area contributed by atoms with Crippen molar-refractivity contribution in [2.24, 2.45) is 5.10 Å². The van der Waals surface area contributed by atoms with Gasteiger partial charge in [-0.3, -0.25) is 9.59 Å². The number of methoxy groups -OCH3 is 1. The molecule has 1 aromatic carbocycles. The van der Waals surface area contributed by atoms with Crippen molar-refractivity contribution in [1.82, 2.24) is 10.7 Å². The molecule has 0 atom stereocenters. The molecule has 20 heavy (non-hydrogen) atoms. The van der Waals surface area contributed by atoms with Crippen molar-refractivity contribution in [3.8, 4) is 5.75 Å². The number of benzene rings is 1. The normalized spacial score (nSPS) is 10.7. The Balaban J connectivity index is 2.67. The van der Waals surface area contributed by atoms with Crippen LogP contribution in [0.5, 0.6) is 5.75 Å². The number of hydrazone groups is 1. The third-order valence-electron chi connectivity index (χ3n) is 2.19. The molecule has 108 valence electrons. The molecule has 0 bridgehead atoms. The molecule has 0 heterocycles. The number of hydrogen-bond acceptors (Lipinski definition) is 4. The fourth-order valence-electron chi connectivity index (χ4n) is 1.35. The standard InChI is InChI=1S/C13H16BrN3O3/c1-8(2)16-12(18)13(19)17-15-7-9-6-10(14)4-5-11(9)20-3/h4-8H,1-3H3,(H,16,18)(H,17,19)/b15-7+. The second-order valence-corrected chi connectivity index (χ2v) is 5.13. The van der Waals surface area contributed by atoms with Gasteiger partial charge < -0.3 is 10.1 Å². The van der Waals surface area contributed by atoms with Gasteiger partial charge in [-0.2, -0.15) is 5.10 Å². The highest BCUT2D eigenvalue weighted by Gasteiger charge is 2.13. The number of ether oxygens (including phenoxy) is 1. The van der Waals surface area contributed by atoms with E-state index >= 15 is 0 Å². The maximum atomic E-state index is 11.4. The van der Waals surface area contributed by atoms with Gasteiger partial charge in [0.2, 0.25) is 0 Å². The van der Waals surface area contributed by atoms with Gasteiger partial charge in [-0.15, -0.1) is 0 Å². The number of amides is 2. The van der Waals surface area contributed by atoms with E-state index in [0.29, 0.717) is 11.3 Å². The Morgan fingerprint density at radius 3 is 2.65 bits per heavy atom. The number of nitrogens with zero attached hydrogens (tertiary/aromatic N) is 1. The Hall–Kier alpha value is -1.89. The zero-order chi connectivity index (χ0) is 15.1. The van der Waals surface area contributed by atoms with E-state index in [-0.39, 0.29) is 6.04 Å². The van der Waals surface area contributed by atoms with Crippen molar-refractivity contribution >= 4 is 34.0 Å². The van der Waals surface area contributed by atoms with Crippen molar-refractivity contribution < 1.29 is 14.3 Å². The second kappa shape index (κ2) is 7.64. The summed E-state index contributed by atoms with van der Waals surface area (Å²) in [4.78, 5) is 22.8. The third-order valence-corrected chi connectivity index (χ3v) is 2.68. The highest BCUT2D eigenvalue weighted by molar-refractivity contribution is 9.10. The van der Waals surface area contributed by atoms with Gasteiger partial charge in [0.1, 0.15) is 5.75 Å². The van der Waals surface area contributed by atoms with Gasteiger partial charge in [-0.05, 0) is 32.0 Å². The summed E-state index contributed by atoms with van der Waals surface area (Å²) < 4.78 is 6.00. The van der Waals surface area contributed by atoms with Crippen LogP contribution in [0, 0.1) is 0 Å². The van der Waals surface area contributed by atoms with Crippen molar-refractivity contribution in [3.63, 3.8) is 0 Å². The molecule has 1 aromatic rings. The fraction of sp³-hybridized carbons (Fsp3) is 0.308. The average Bonchev–Trinajstić information content (AvgIpc) is 2.38. The minimum absolute atomic E-state index is 0.109. The Kier molecular flexibility index (Phi) is 6.17. The lowest BCUT2D eigenvalue weighted by Crippen LogP contribution is -2.41. The number of rotatable bonds is 4. The monoisotopic (exact) mass is 341 g/mol. The number of halogens is 1. The van der Waals surface area contributed by atoms with Crippen molar-refractivity contribution in [2.45, 2.75) is 19.9 Å². The Bertz CT molecular complexity index is 530. The van der Waals surface area contributed by atoms with Crippen LogP contribution in [0.3, 0.4) is 0 Å². The van der Waals surface area contributed by atoms with Crippen LogP contribution in [0.15, 0.2) is 27.8 Å². The molecule has 6 nitrogen and oxygen atoms in total. The Labute approximate surface area is 125 Å². The Morgan fingerprint density at radius 1 is 1.35 bits per heavy atom. The molecule has 0 aromatic heterocycles. The number of carbonyl (C=O) groups is 2. The van der Waals surface area contributed by atoms with E-state index in [0.717, 1.165) is 4.47 Å². The minimum Gasteiger partial charge on any atom is -0.496 e. The first kappa shape index (κ1) is 16.2. The maximum Gasteiger partial charge on any atom is 0.329 e. The van der Waals surface area contributed by atoms with E-state index in [4.69, 9.17) is 4.74 Å². The van der Waals surface area contributed by atoms with Gasteiger partial charge in [0.15, 0.2) is 0 Å². The van der Waals surface area contributed by atoms with Crippen molar-refractivity contribution in [2.75, 3.05) is 7.11 Å². The quantitative estimate of drug-likeness (QED) is 0.494. The summed E-state index contributed by atoms with van der Waals surface area (Å²) in [6, 6.07) is 5.26. The van der Waals surface area contributed by atoms with Crippen LogP contribution in [-0.4, -0.2) is 31.2 Å². The summed E-state index contributed by atoms with van der Waals surface area (Å²) >= 11 is 3.33. The van der Waals surface area contributed by atoms with Gasteiger partial charge in [0.05, 0.1) is 13.3 Å². The molecule has 1 rings (SSSR count). The van der Waals surface area contributed by atoms with Crippen LogP contribution in [0.2, 0.25) is 0 Å². The number of hydrogen-bond donors (Lipinski definition) is 2. The molecule has 2 amide bonds. The van der Waals surface area contributed by atoms with Crippen molar-refractivity contribution in [3.05, 3.63) is 28.2 Å². The SMILES string of the molecule is COc1ccc(Br)cc1/C=N/NC(=O)C(=O)NC(C)C. The predicted octanol–water partition coefficient (Wildman–Crippen LogP) is 1.43. The van der Waals surface area contributed by atoms with E-state index < -0.39 is 11.8 Å². The fourth-order valence-corrected chi connectivity index (χ4v) is 1.72.